The zero-order chi connectivity index (χ0) is 15.1. The van der Waals surface area contributed by atoms with Crippen molar-refractivity contribution >= 4 is 5.91 Å². The van der Waals surface area contributed by atoms with E-state index in [1.807, 2.05) is 19.1 Å². The second-order valence-corrected chi connectivity index (χ2v) is 4.41. The Morgan fingerprint density at radius 1 is 1.33 bits per heavy atom. The zero-order valence-electron chi connectivity index (χ0n) is 11.7. The number of carbonyl (C=O) groups excluding carboxylic acids is 1. The molecule has 0 saturated carbocycles. The highest BCUT2D eigenvalue weighted by atomic mass is 16.1. The third-order valence-corrected chi connectivity index (χ3v) is 2.92. The molecule has 0 aliphatic carbocycles. The minimum Gasteiger partial charge on any atom is -0.345 e. The van der Waals surface area contributed by atoms with Gasteiger partial charge in [0.15, 0.2) is 0 Å². The van der Waals surface area contributed by atoms with Gasteiger partial charge in [0.2, 0.25) is 0 Å². The number of aromatic nitrogens is 2. The molecule has 2 rings (SSSR count). The van der Waals surface area contributed by atoms with Crippen molar-refractivity contribution in [1.82, 2.24) is 15.3 Å². The van der Waals surface area contributed by atoms with Crippen LogP contribution in [0.4, 0.5) is 0 Å². The molecule has 0 fully saturated rings. The number of nitrogens with zero attached hydrogens (tertiary/aromatic N) is 2. The van der Waals surface area contributed by atoms with Gasteiger partial charge in [-0.25, -0.2) is 0 Å². The molecule has 5 nitrogen and oxygen atoms in total. The Labute approximate surface area is 123 Å². The lowest BCUT2D eigenvalue weighted by molar-refractivity contribution is 0.0939. The van der Waals surface area contributed by atoms with Crippen molar-refractivity contribution in [2.75, 3.05) is 6.54 Å². The van der Waals surface area contributed by atoms with Gasteiger partial charge >= 0.3 is 0 Å². The molecule has 0 aliphatic heterocycles. The molecule has 0 spiro atoms. The Bertz CT molecular complexity index is 673. The molecule has 1 amide bonds. The van der Waals surface area contributed by atoms with E-state index in [-0.39, 0.29) is 18.5 Å². The van der Waals surface area contributed by atoms with Crippen LogP contribution in [-0.4, -0.2) is 22.4 Å². The summed E-state index contributed by atoms with van der Waals surface area (Å²) in [4.78, 5) is 20.4. The summed E-state index contributed by atoms with van der Waals surface area (Å²) < 4.78 is 0. The normalized spacial score (nSPS) is 11.1. The molecular weight excluding hydrogens is 264 g/mol. The van der Waals surface area contributed by atoms with Gasteiger partial charge < -0.3 is 11.1 Å². The lowest BCUT2D eigenvalue weighted by Crippen LogP contribution is -2.27. The van der Waals surface area contributed by atoms with Crippen LogP contribution in [-0.2, 0) is 0 Å². The van der Waals surface area contributed by atoms with Crippen molar-refractivity contribution in [2.45, 2.75) is 13.0 Å². The highest BCUT2D eigenvalue weighted by Gasteiger charge is 2.14. The predicted molar refractivity (Wildman–Crippen MR) is 80.3 cm³/mol. The predicted octanol–water partition coefficient (Wildman–Crippen LogP) is 1.28. The van der Waals surface area contributed by atoms with E-state index in [9.17, 15) is 4.79 Å². The Balaban J connectivity index is 2.17. The number of amides is 1. The second-order valence-electron chi connectivity index (χ2n) is 4.41. The number of hydrogen-bond acceptors (Lipinski definition) is 4. The lowest BCUT2D eigenvalue weighted by atomic mass is 10.1. The van der Waals surface area contributed by atoms with Crippen LogP contribution in [0.1, 0.15) is 34.5 Å². The molecule has 2 aromatic rings. The summed E-state index contributed by atoms with van der Waals surface area (Å²) in [5.74, 6) is 5.39. The van der Waals surface area contributed by atoms with Crippen molar-refractivity contribution in [3.63, 3.8) is 0 Å². The topological polar surface area (TPSA) is 80.9 Å². The number of pyridine rings is 2. The molecule has 5 heteroatoms. The quantitative estimate of drug-likeness (QED) is 0.830. The number of hydrogen-bond donors (Lipinski definition) is 2. The maximum Gasteiger partial charge on any atom is 0.253 e. The average molecular weight is 280 g/mol. The monoisotopic (exact) mass is 280 g/mol. The van der Waals surface area contributed by atoms with Crippen LogP contribution in [0.5, 0.6) is 0 Å². The molecule has 2 heterocycles. The van der Waals surface area contributed by atoms with E-state index in [1.54, 1.807) is 30.9 Å². The molecular formula is C16H16N4O. The maximum atomic E-state index is 12.4. The minimum atomic E-state index is -0.199. The van der Waals surface area contributed by atoms with Gasteiger partial charge in [-0.3, -0.25) is 14.8 Å². The first-order valence-electron chi connectivity index (χ1n) is 6.56. The van der Waals surface area contributed by atoms with Crippen molar-refractivity contribution < 1.29 is 4.79 Å². The van der Waals surface area contributed by atoms with Gasteiger partial charge in [0, 0.05) is 24.8 Å². The molecule has 3 N–H and O–H groups in total. The van der Waals surface area contributed by atoms with Crippen LogP contribution >= 0.6 is 0 Å². The minimum absolute atomic E-state index is 0.144. The largest absolute Gasteiger partial charge is 0.345 e. The van der Waals surface area contributed by atoms with E-state index >= 15 is 0 Å². The number of nitrogens with one attached hydrogen (secondary N) is 1. The third kappa shape index (κ3) is 3.88. The van der Waals surface area contributed by atoms with E-state index in [0.29, 0.717) is 11.1 Å². The fourth-order valence-electron chi connectivity index (χ4n) is 1.83. The summed E-state index contributed by atoms with van der Waals surface area (Å²) >= 11 is 0. The van der Waals surface area contributed by atoms with Gasteiger partial charge in [-0.05, 0) is 24.6 Å². The zero-order valence-corrected chi connectivity index (χ0v) is 11.7. The molecule has 2 aromatic heterocycles. The number of rotatable bonds is 3. The van der Waals surface area contributed by atoms with Crippen molar-refractivity contribution in [3.05, 3.63) is 59.7 Å². The molecule has 0 bridgehead atoms. The first-order chi connectivity index (χ1) is 10.2. The summed E-state index contributed by atoms with van der Waals surface area (Å²) in [5, 5.41) is 2.92. The van der Waals surface area contributed by atoms with Gasteiger partial charge in [-0.15, -0.1) is 0 Å². The Hall–Kier alpha value is -2.71. The highest BCUT2D eigenvalue weighted by Crippen LogP contribution is 2.12. The smallest absolute Gasteiger partial charge is 0.253 e. The molecule has 21 heavy (non-hydrogen) atoms. The second kappa shape index (κ2) is 7.17. The summed E-state index contributed by atoms with van der Waals surface area (Å²) in [5.41, 5.74) is 7.35. The van der Waals surface area contributed by atoms with Crippen molar-refractivity contribution in [3.8, 4) is 11.8 Å². The standard InChI is InChI=1S/C16H16N4O/c1-12(13-5-3-8-18-10-13)20-16(21)15-6-9-19-11-14(15)4-2-7-17/h3,5-6,8-12H,7,17H2,1H3,(H,20,21). The van der Waals surface area contributed by atoms with Gasteiger partial charge in [0.25, 0.3) is 5.91 Å². The van der Waals surface area contributed by atoms with E-state index < -0.39 is 0 Å². The van der Waals surface area contributed by atoms with Crippen LogP contribution in [0.15, 0.2) is 43.0 Å². The van der Waals surface area contributed by atoms with Gasteiger partial charge in [-0.1, -0.05) is 17.9 Å². The summed E-state index contributed by atoms with van der Waals surface area (Å²) in [7, 11) is 0. The maximum absolute atomic E-state index is 12.4. The van der Waals surface area contributed by atoms with E-state index in [4.69, 9.17) is 5.73 Å². The lowest BCUT2D eigenvalue weighted by Gasteiger charge is -2.14. The van der Waals surface area contributed by atoms with Gasteiger partial charge in [0.1, 0.15) is 0 Å². The third-order valence-electron chi connectivity index (χ3n) is 2.92. The van der Waals surface area contributed by atoms with Gasteiger partial charge in [0.05, 0.1) is 23.7 Å². The molecule has 106 valence electrons. The van der Waals surface area contributed by atoms with Crippen molar-refractivity contribution in [2.24, 2.45) is 5.73 Å². The van der Waals surface area contributed by atoms with Crippen LogP contribution in [0, 0.1) is 11.8 Å². The van der Waals surface area contributed by atoms with Crippen LogP contribution in [0.2, 0.25) is 0 Å². The fourth-order valence-corrected chi connectivity index (χ4v) is 1.83. The number of carbonyl (C=O) groups is 1. The number of nitrogens with two attached hydrogens (primary N) is 1. The first kappa shape index (κ1) is 14.7. The molecule has 0 saturated heterocycles. The molecule has 0 aliphatic rings. The summed E-state index contributed by atoms with van der Waals surface area (Å²) in [6.07, 6.45) is 6.55. The van der Waals surface area contributed by atoms with Crippen LogP contribution in [0.3, 0.4) is 0 Å². The first-order valence-corrected chi connectivity index (χ1v) is 6.56. The van der Waals surface area contributed by atoms with E-state index in [0.717, 1.165) is 5.56 Å². The Morgan fingerprint density at radius 3 is 2.86 bits per heavy atom. The Kier molecular flexibility index (Phi) is 5.02. The molecule has 1 unspecified atom stereocenters. The van der Waals surface area contributed by atoms with E-state index in [1.165, 1.54) is 0 Å². The summed E-state index contributed by atoms with van der Waals surface area (Å²) in [6, 6.07) is 5.25. The average Bonchev–Trinajstić information content (AvgIpc) is 2.54. The molecule has 1 atom stereocenters. The van der Waals surface area contributed by atoms with Crippen LogP contribution in [0.25, 0.3) is 0 Å². The Morgan fingerprint density at radius 2 is 2.14 bits per heavy atom. The van der Waals surface area contributed by atoms with E-state index in [2.05, 4.69) is 27.1 Å². The summed E-state index contributed by atoms with van der Waals surface area (Å²) in [6.45, 7) is 2.14. The molecule has 0 aromatic carbocycles. The SMILES string of the molecule is CC(NC(=O)c1ccncc1C#CCN)c1cccnc1. The fraction of sp³-hybridized carbons (Fsp3) is 0.188. The van der Waals surface area contributed by atoms with Crippen LogP contribution < -0.4 is 11.1 Å². The highest BCUT2D eigenvalue weighted by molar-refractivity contribution is 5.96. The van der Waals surface area contributed by atoms with Gasteiger partial charge in [-0.2, -0.15) is 0 Å². The molecule has 0 radical (unpaired) electrons. The van der Waals surface area contributed by atoms with Crippen molar-refractivity contribution in [1.29, 1.82) is 0 Å².